The molecule has 19 heavy (non-hydrogen) atoms. The van der Waals surface area contributed by atoms with E-state index in [0.29, 0.717) is 5.56 Å². The van der Waals surface area contributed by atoms with E-state index in [1.165, 1.54) is 24.9 Å². The highest BCUT2D eigenvalue weighted by Crippen LogP contribution is 2.19. The highest BCUT2D eigenvalue weighted by atomic mass is 32.2. The quantitative estimate of drug-likeness (QED) is 0.658. The SMILES string of the molecule is CCc1cc(O)cc(C(=N)C(=NC(=O)OC)SC)c1. The van der Waals surface area contributed by atoms with E-state index >= 15 is 0 Å². The van der Waals surface area contributed by atoms with Crippen LogP contribution < -0.4 is 0 Å². The van der Waals surface area contributed by atoms with E-state index in [1.807, 2.05) is 6.92 Å². The number of ether oxygens (including phenoxy) is 1. The van der Waals surface area contributed by atoms with Gasteiger partial charge in [0.1, 0.15) is 10.8 Å². The third-order valence-electron chi connectivity index (χ3n) is 2.45. The molecule has 0 unspecified atom stereocenters. The molecule has 1 amide bonds. The van der Waals surface area contributed by atoms with Gasteiger partial charge in [0.15, 0.2) is 0 Å². The Hall–Kier alpha value is -1.82. The summed E-state index contributed by atoms with van der Waals surface area (Å²) < 4.78 is 4.45. The first-order valence-corrected chi connectivity index (χ1v) is 6.87. The van der Waals surface area contributed by atoms with Crippen molar-refractivity contribution in [2.75, 3.05) is 13.4 Å². The number of hydrogen-bond acceptors (Lipinski definition) is 5. The maximum atomic E-state index is 11.1. The number of amides is 1. The molecule has 0 aliphatic rings. The molecule has 0 fully saturated rings. The zero-order valence-corrected chi connectivity index (χ0v) is 11.9. The molecule has 0 spiro atoms. The number of methoxy groups -OCH3 is 1. The highest BCUT2D eigenvalue weighted by molar-refractivity contribution is 8.15. The van der Waals surface area contributed by atoms with Gasteiger partial charge < -0.3 is 9.84 Å². The van der Waals surface area contributed by atoms with Crippen LogP contribution >= 0.6 is 11.8 Å². The molecule has 0 radical (unpaired) electrons. The fourth-order valence-corrected chi connectivity index (χ4v) is 1.97. The van der Waals surface area contributed by atoms with Crippen LogP contribution in [0.25, 0.3) is 0 Å². The molecule has 0 bridgehead atoms. The van der Waals surface area contributed by atoms with Crippen LogP contribution in [0, 0.1) is 5.41 Å². The smallest absolute Gasteiger partial charge is 0.434 e. The number of aliphatic imine (C=N–C) groups is 1. The fraction of sp³-hybridized carbons (Fsp3) is 0.308. The summed E-state index contributed by atoms with van der Waals surface area (Å²) >= 11 is 1.18. The van der Waals surface area contributed by atoms with Crippen molar-refractivity contribution < 1.29 is 14.6 Å². The third kappa shape index (κ3) is 4.10. The summed E-state index contributed by atoms with van der Waals surface area (Å²) in [7, 11) is 1.23. The maximum Gasteiger partial charge on any atom is 0.434 e. The van der Waals surface area contributed by atoms with E-state index in [9.17, 15) is 9.90 Å². The lowest BCUT2D eigenvalue weighted by Crippen LogP contribution is -2.13. The van der Waals surface area contributed by atoms with E-state index in [4.69, 9.17) is 5.41 Å². The minimum absolute atomic E-state index is 0.0866. The summed E-state index contributed by atoms with van der Waals surface area (Å²) in [6, 6.07) is 4.92. The van der Waals surface area contributed by atoms with Crippen LogP contribution in [-0.4, -0.2) is 35.3 Å². The Balaban J connectivity index is 3.14. The second-order valence-electron chi connectivity index (χ2n) is 3.71. The second kappa shape index (κ2) is 6.94. The fourth-order valence-electron chi connectivity index (χ4n) is 1.48. The average molecular weight is 280 g/mol. The topological polar surface area (TPSA) is 82.7 Å². The zero-order valence-electron chi connectivity index (χ0n) is 11.1. The van der Waals surface area contributed by atoms with Gasteiger partial charge in [0.25, 0.3) is 0 Å². The Kier molecular flexibility index (Phi) is 5.57. The number of thioether (sulfide) groups is 1. The average Bonchev–Trinajstić information content (AvgIpc) is 2.42. The standard InChI is InChI=1S/C13H16N2O3S/c1-4-8-5-9(7-10(16)6-8)11(14)12(19-3)15-13(17)18-2/h5-7,14,16H,4H2,1-3H3. The maximum absolute atomic E-state index is 11.1. The van der Waals surface area contributed by atoms with Gasteiger partial charge in [0.2, 0.25) is 0 Å². The van der Waals surface area contributed by atoms with Crippen molar-refractivity contribution in [3.8, 4) is 5.75 Å². The summed E-state index contributed by atoms with van der Waals surface area (Å²) in [5.41, 5.74) is 1.52. The Morgan fingerprint density at radius 3 is 2.68 bits per heavy atom. The minimum atomic E-state index is -0.745. The van der Waals surface area contributed by atoms with E-state index in [0.717, 1.165) is 12.0 Å². The van der Waals surface area contributed by atoms with Crippen LogP contribution in [0.4, 0.5) is 4.79 Å². The van der Waals surface area contributed by atoms with Gasteiger partial charge in [-0.3, -0.25) is 5.41 Å². The Bertz CT molecular complexity index is 527. The second-order valence-corrected chi connectivity index (χ2v) is 4.50. The molecule has 0 atom stereocenters. The lowest BCUT2D eigenvalue weighted by Gasteiger charge is -2.08. The summed E-state index contributed by atoms with van der Waals surface area (Å²) in [5, 5.41) is 17.9. The summed E-state index contributed by atoms with van der Waals surface area (Å²) in [6.07, 6.45) is 1.72. The third-order valence-corrected chi connectivity index (χ3v) is 3.13. The Morgan fingerprint density at radius 1 is 1.47 bits per heavy atom. The van der Waals surface area contributed by atoms with Crippen LogP contribution in [0.5, 0.6) is 5.75 Å². The van der Waals surface area contributed by atoms with Gasteiger partial charge in [-0.05, 0) is 36.4 Å². The monoisotopic (exact) mass is 280 g/mol. The number of hydrogen-bond donors (Lipinski definition) is 2. The molecule has 6 heteroatoms. The molecular weight excluding hydrogens is 264 g/mol. The first-order chi connectivity index (χ1) is 9.01. The van der Waals surface area contributed by atoms with Crippen molar-refractivity contribution in [2.45, 2.75) is 13.3 Å². The first kappa shape index (κ1) is 15.2. The summed E-state index contributed by atoms with van der Waals surface area (Å²) in [5.74, 6) is 0.0950. The van der Waals surface area contributed by atoms with Crippen molar-refractivity contribution in [1.29, 1.82) is 5.41 Å². The molecule has 1 rings (SSSR count). The number of benzene rings is 1. The molecule has 5 nitrogen and oxygen atoms in total. The molecule has 2 N–H and O–H groups in total. The van der Waals surface area contributed by atoms with Crippen LogP contribution in [0.3, 0.4) is 0 Å². The largest absolute Gasteiger partial charge is 0.508 e. The molecule has 0 saturated heterocycles. The number of rotatable bonds is 3. The summed E-state index contributed by atoms with van der Waals surface area (Å²) in [6.45, 7) is 1.96. The predicted molar refractivity (Wildman–Crippen MR) is 77.7 cm³/mol. The lowest BCUT2D eigenvalue weighted by atomic mass is 10.0. The summed E-state index contributed by atoms with van der Waals surface area (Å²) in [4.78, 5) is 14.8. The Labute approximate surface area is 116 Å². The van der Waals surface area contributed by atoms with Crippen LogP contribution in [0.15, 0.2) is 23.2 Å². The molecule has 0 aliphatic carbocycles. The van der Waals surface area contributed by atoms with Gasteiger partial charge in [-0.1, -0.05) is 6.92 Å². The van der Waals surface area contributed by atoms with Crippen LogP contribution in [0.1, 0.15) is 18.1 Å². The number of aryl methyl sites for hydroxylation is 1. The number of carbonyl (C=O) groups excluding carboxylic acids is 1. The van der Waals surface area contributed by atoms with Gasteiger partial charge >= 0.3 is 6.09 Å². The normalized spacial score (nSPS) is 11.2. The minimum Gasteiger partial charge on any atom is -0.508 e. The lowest BCUT2D eigenvalue weighted by molar-refractivity contribution is 0.183. The molecular formula is C13H16N2O3S. The molecule has 1 aromatic carbocycles. The van der Waals surface area contributed by atoms with Gasteiger partial charge in [0.05, 0.1) is 12.8 Å². The molecule has 0 saturated carbocycles. The number of nitrogens with zero attached hydrogens (tertiary/aromatic N) is 1. The number of phenols is 1. The van der Waals surface area contributed by atoms with Crippen molar-refractivity contribution in [3.05, 3.63) is 29.3 Å². The van der Waals surface area contributed by atoms with E-state index < -0.39 is 6.09 Å². The zero-order chi connectivity index (χ0) is 14.4. The van der Waals surface area contributed by atoms with Crippen molar-refractivity contribution >= 4 is 28.6 Å². The number of carbonyl (C=O) groups is 1. The van der Waals surface area contributed by atoms with Gasteiger partial charge in [-0.2, -0.15) is 4.99 Å². The van der Waals surface area contributed by atoms with Crippen LogP contribution in [0.2, 0.25) is 0 Å². The van der Waals surface area contributed by atoms with E-state index in [2.05, 4.69) is 9.73 Å². The molecule has 0 aliphatic heterocycles. The van der Waals surface area contributed by atoms with Gasteiger partial charge in [-0.15, -0.1) is 11.8 Å². The molecule has 102 valence electrons. The van der Waals surface area contributed by atoms with Crippen molar-refractivity contribution in [3.63, 3.8) is 0 Å². The molecule has 0 heterocycles. The van der Waals surface area contributed by atoms with Crippen molar-refractivity contribution in [2.24, 2.45) is 4.99 Å². The molecule has 1 aromatic rings. The molecule has 0 aromatic heterocycles. The number of aromatic hydroxyl groups is 1. The van der Waals surface area contributed by atoms with E-state index in [1.54, 1.807) is 18.4 Å². The highest BCUT2D eigenvalue weighted by Gasteiger charge is 2.13. The van der Waals surface area contributed by atoms with Crippen LogP contribution in [-0.2, 0) is 11.2 Å². The van der Waals surface area contributed by atoms with Gasteiger partial charge in [-0.25, -0.2) is 4.79 Å². The Morgan fingerprint density at radius 2 is 2.16 bits per heavy atom. The van der Waals surface area contributed by atoms with E-state index in [-0.39, 0.29) is 16.5 Å². The van der Waals surface area contributed by atoms with Gasteiger partial charge in [0, 0.05) is 5.56 Å². The number of phenolic OH excluding ortho intramolecular Hbond substituents is 1. The number of nitrogens with one attached hydrogen (secondary N) is 1. The first-order valence-electron chi connectivity index (χ1n) is 5.64. The van der Waals surface area contributed by atoms with Crippen molar-refractivity contribution in [1.82, 2.24) is 0 Å². The predicted octanol–water partition coefficient (Wildman–Crippen LogP) is 2.85.